The van der Waals surface area contributed by atoms with Gasteiger partial charge in [0.1, 0.15) is 5.82 Å². The monoisotopic (exact) mass is 403 g/mol. The number of fused-ring (bicyclic) bond motifs is 1. The number of halogens is 1. The van der Waals surface area contributed by atoms with Crippen molar-refractivity contribution in [2.24, 2.45) is 11.7 Å². The Morgan fingerprint density at radius 2 is 2.07 bits per heavy atom. The molecule has 3 N–H and O–H groups in total. The number of aryl methyl sites for hydroxylation is 1. The van der Waals surface area contributed by atoms with E-state index < -0.39 is 5.54 Å². The lowest BCUT2D eigenvalue weighted by Crippen LogP contribution is -2.51. The molecule has 0 radical (unpaired) electrons. The van der Waals surface area contributed by atoms with Gasteiger partial charge in [-0.05, 0) is 44.7 Å². The van der Waals surface area contributed by atoms with Crippen molar-refractivity contribution in [1.82, 2.24) is 14.8 Å². The van der Waals surface area contributed by atoms with Gasteiger partial charge in [-0.1, -0.05) is 31.4 Å². The van der Waals surface area contributed by atoms with E-state index >= 15 is 0 Å². The number of nitrogens with one attached hydrogen (secondary N) is 1. The molecule has 1 aromatic heterocycles. The largest absolute Gasteiger partial charge is 0.326 e. The van der Waals surface area contributed by atoms with Crippen LogP contribution in [0.3, 0.4) is 0 Å². The fourth-order valence-corrected chi connectivity index (χ4v) is 4.45. The van der Waals surface area contributed by atoms with Gasteiger partial charge in [0.15, 0.2) is 5.82 Å². The summed E-state index contributed by atoms with van der Waals surface area (Å²) in [7, 11) is 0. The third-order valence-corrected chi connectivity index (χ3v) is 6.07. The van der Waals surface area contributed by atoms with Gasteiger partial charge in [0, 0.05) is 29.8 Å². The number of aromatic nitrogens is 3. The summed E-state index contributed by atoms with van der Waals surface area (Å²) in [4.78, 5) is 12.8. The number of amides is 1. The van der Waals surface area contributed by atoms with Gasteiger partial charge in [-0.15, -0.1) is 22.6 Å². The van der Waals surface area contributed by atoms with E-state index in [1.165, 1.54) is 12.8 Å². The maximum atomic E-state index is 12.8. The average molecular weight is 404 g/mol. The van der Waals surface area contributed by atoms with Crippen LogP contribution < -0.4 is 11.1 Å². The van der Waals surface area contributed by atoms with E-state index in [0.29, 0.717) is 0 Å². The first-order valence-corrected chi connectivity index (χ1v) is 10.2. The highest BCUT2D eigenvalue weighted by Gasteiger charge is 2.37. The molecule has 0 bridgehead atoms. The van der Waals surface area contributed by atoms with Crippen molar-refractivity contribution in [2.75, 3.05) is 5.32 Å². The highest BCUT2D eigenvalue weighted by molar-refractivity contribution is 5.94. The van der Waals surface area contributed by atoms with Crippen LogP contribution in [0.25, 0.3) is 11.4 Å². The number of carbonyl (C=O) groups excluding carboxylic acids is 1. The van der Waals surface area contributed by atoms with Crippen LogP contribution in [0.4, 0.5) is 5.69 Å². The van der Waals surface area contributed by atoms with E-state index in [1.54, 1.807) is 0 Å². The van der Waals surface area contributed by atoms with Gasteiger partial charge in [-0.25, -0.2) is 0 Å². The van der Waals surface area contributed by atoms with E-state index in [2.05, 4.69) is 20.1 Å². The predicted molar refractivity (Wildman–Crippen MR) is 113 cm³/mol. The van der Waals surface area contributed by atoms with Gasteiger partial charge in [0.25, 0.3) is 0 Å². The molecule has 2 unspecified atom stereocenters. The van der Waals surface area contributed by atoms with Crippen LogP contribution in [0, 0.1) is 5.92 Å². The first kappa shape index (κ1) is 20.8. The topological polar surface area (TPSA) is 85.8 Å². The molecule has 7 heteroatoms. The molecule has 2 aromatic rings. The minimum Gasteiger partial charge on any atom is -0.326 e. The standard InChI is InChI=1S/C21H29N5O.ClH/c1-21(22)12-5-4-10-17(21)20(27)23-16-9-7-8-15(14-16)19-25-24-18-11-3-2-6-13-26(18)19;/h7-9,14,17H,2-6,10-13,22H2,1H3,(H,23,27);1H. The molecule has 28 heavy (non-hydrogen) atoms. The van der Waals surface area contributed by atoms with E-state index in [4.69, 9.17) is 5.73 Å². The molecule has 1 amide bonds. The van der Waals surface area contributed by atoms with Crippen molar-refractivity contribution in [3.8, 4) is 11.4 Å². The summed E-state index contributed by atoms with van der Waals surface area (Å²) in [5.74, 6) is 1.85. The van der Waals surface area contributed by atoms with E-state index in [0.717, 1.165) is 68.0 Å². The first-order valence-electron chi connectivity index (χ1n) is 10.2. The Hall–Kier alpha value is -1.92. The summed E-state index contributed by atoms with van der Waals surface area (Å²) in [5, 5.41) is 11.9. The van der Waals surface area contributed by atoms with E-state index in [1.807, 2.05) is 31.2 Å². The third-order valence-electron chi connectivity index (χ3n) is 6.07. The second-order valence-electron chi connectivity index (χ2n) is 8.28. The average Bonchev–Trinajstić information content (AvgIpc) is 2.90. The number of benzene rings is 1. The number of nitrogens with zero attached hydrogens (tertiary/aromatic N) is 3. The van der Waals surface area contributed by atoms with Gasteiger partial charge in [0.05, 0.1) is 5.92 Å². The van der Waals surface area contributed by atoms with Crippen LogP contribution in [-0.4, -0.2) is 26.2 Å². The normalized spacial score (nSPS) is 24.6. The lowest BCUT2D eigenvalue weighted by atomic mass is 9.74. The summed E-state index contributed by atoms with van der Waals surface area (Å²) >= 11 is 0. The molecule has 6 nitrogen and oxygen atoms in total. The maximum absolute atomic E-state index is 12.8. The Balaban J connectivity index is 0.00000225. The molecule has 1 saturated carbocycles. The second kappa shape index (κ2) is 8.62. The fraction of sp³-hybridized carbons (Fsp3) is 0.571. The smallest absolute Gasteiger partial charge is 0.229 e. The predicted octanol–water partition coefficient (Wildman–Crippen LogP) is 3.94. The van der Waals surface area contributed by atoms with Crippen LogP contribution in [0.15, 0.2) is 24.3 Å². The van der Waals surface area contributed by atoms with Crippen LogP contribution in [0.1, 0.15) is 57.7 Å². The van der Waals surface area contributed by atoms with Crippen molar-refractivity contribution in [2.45, 2.75) is 70.4 Å². The molecule has 2 heterocycles. The lowest BCUT2D eigenvalue weighted by molar-refractivity contribution is -0.122. The van der Waals surface area contributed by atoms with Gasteiger partial charge < -0.3 is 15.6 Å². The molecule has 0 spiro atoms. The summed E-state index contributed by atoms with van der Waals surface area (Å²) in [6, 6.07) is 7.92. The van der Waals surface area contributed by atoms with Crippen molar-refractivity contribution in [3.05, 3.63) is 30.1 Å². The molecule has 1 aliphatic heterocycles. The highest BCUT2D eigenvalue weighted by Crippen LogP contribution is 2.33. The molecular formula is C21H30ClN5O. The second-order valence-corrected chi connectivity index (χ2v) is 8.28. The highest BCUT2D eigenvalue weighted by atomic mass is 35.5. The van der Waals surface area contributed by atoms with Crippen molar-refractivity contribution in [1.29, 1.82) is 0 Å². The van der Waals surface area contributed by atoms with Crippen molar-refractivity contribution in [3.63, 3.8) is 0 Å². The Bertz CT molecular complexity index is 832. The zero-order chi connectivity index (χ0) is 18.9. The third kappa shape index (κ3) is 4.23. The molecule has 1 aliphatic carbocycles. The van der Waals surface area contributed by atoms with Gasteiger partial charge in [-0.3, -0.25) is 4.79 Å². The number of anilines is 1. The van der Waals surface area contributed by atoms with Crippen LogP contribution in [-0.2, 0) is 17.8 Å². The summed E-state index contributed by atoms with van der Waals surface area (Å²) < 4.78 is 2.23. The van der Waals surface area contributed by atoms with Gasteiger partial charge in [0.2, 0.25) is 5.91 Å². The van der Waals surface area contributed by atoms with Crippen molar-refractivity contribution >= 4 is 24.0 Å². The number of carbonyl (C=O) groups is 1. The van der Waals surface area contributed by atoms with Gasteiger partial charge in [-0.2, -0.15) is 0 Å². The summed E-state index contributed by atoms with van der Waals surface area (Å²) in [5.41, 5.74) is 7.76. The first-order chi connectivity index (χ1) is 13.0. The Labute approximate surface area is 172 Å². The molecule has 2 aliphatic rings. The molecule has 0 saturated heterocycles. The number of nitrogens with two attached hydrogens (primary N) is 1. The van der Waals surface area contributed by atoms with Crippen molar-refractivity contribution < 1.29 is 4.79 Å². The zero-order valence-electron chi connectivity index (χ0n) is 16.5. The Morgan fingerprint density at radius 1 is 1.21 bits per heavy atom. The van der Waals surface area contributed by atoms with E-state index in [-0.39, 0.29) is 24.2 Å². The molecule has 1 aromatic carbocycles. The van der Waals surface area contributed by atoms with Gasteiger partial charge >= 0.3 is 0 Å². The van der Waals surface area contributed by atoms with Crippen LogP contribution in [0.2, 0.25) is 0 Å². The molecular weight excluding hydrogens is 374 g/mol. The SMILES string of the molecule is CC1(N)CCCCC1C(=O)Nc1cccc(-c2nnc3n2CCCCC3)c1.Cl. The molecule has 1 fully saturated rings. The fourth-order valence-electron chi connectivity index (χ4n) is 4.45. The molecule has 4 rings (SSSR count). The number of hydrogen-bond donors (Lipinski definition) is 2. The summed E-state index contributed by atoms with van der Waals surface area (Å²) in [6.07, 6.45) is 8.48. The minimum atomic E-state index is -0.426. The minimum absolute atomic E-state index is 0. The number of rotatable bonds is 3. The molecule has 2 atom stereocenters. The number of hydrogen-bond acceptors (Lipinski definition) is 4. The van der Waals surface area contributed by atoms with E-state index in [9.17, 15) is 4.79 Å². The zero-order valence-corrected chi connectivity index (χ0v) is 17.3. The van der Waals surface area contributed by atoms with Crippen LogP contribution in [0.5, 0.6) is 0 Å². The van der Waals surface area contributed by atoms with Crippen LogP contribution >= 0.6 is 12.4 Å². The maximum Gasteiger partial charge on any atom is 0.229 e. The Kier molecular flexibility index (Phi) is 6.40. The Morgan fingerprint density at radius 3 is 2.89 bits per heavy atom. The quantitative estimate of drug-likeness (QED) is 0.812. The molecule has 152 valence electrons. The lowest BCUT2D eigenvalue weighted by Gasteiger charge is -2.37. The summed E-state index contributed by atoms with van der Waals surface area (Å²) in [6.45, 7) is 2.96.